The van der Waals surface area contributed by atoms with Gasteiger partial charge in [0.1, 0.15) is 11.5 Å². The molecule has 4 heteroatoms. The average Bonchev–Trinajstić information content (AvgIpc) is 2.92. The molecule has 0 aliphatic carbocycles. The van der Waals surface area contributed by atoms with Gasteiger partial charge < -0.3 is 4.42 Å². The van der Waals surface area contributed by atoms with Gasteiger partial charge in [-0.1, -0.05) is 6.58 Å². The molecule has 2 aromatic rings. The van der Waals surface area contributed by atoms with Gasteiger partial charge in [-0.05, 0) is 49.8 Å². The summed E-state index contributed by atoms with van der Waals surface area (Å²) in [4.78, 5) is 12.0. The van der Waals surface area contributed by atoms with Crippen molar-refractivity contribution in [2.24, 2.45) is 15.0 Å². The topological polar surface area (TPSA) is 50.2 Å². The van der Waals surface area contributed by atoms with Crippen LogP contribution in [-0.4, -0.2) is 19.6 Å². The number of furan rings is 1. The molecule has 0 unspecified atom stereocenters. The molecule has 2 rings (SSSR count). The minimum Gasteiger partial charge on any atom is -0.456 e. The molecule has 0 aliphatic rings. The number of benzene rings is 1. The Hall–Kier alpha value is -2.75. The van der Waals surface area contributed by atoms with Crippen LogP contribution in [-0.2, 0) is 0 Å². The van der Waals surface area contributed by atoms with E-state index in [2.05, 4.69) is 35.0 Å². The van der Waals surface area contributed by atoms with Gasteiger partial charge in [0.25, 0.3) is 0 Å². The second-order valence-corrected chi connectivity index (χ2v) is 3.73. The predicted octanol–water partition coefficient (Wildman–Crippen LogP) is 4.34. The Kier molecular flexibility index (Phi) is 3.83. The second kappa shape index (κ2) is 5.73. The Morgan fingerprint density at radius 1 is 0.895 bits per heavy atom. The molecule has 0 saturated carbocycles. The Labute approximate surface area is 111 Å². The van der Waals surface area contributed by atoms with E-state index in [0.717, 1.165) is 0 Å². The molecule has 0 aliphatic heterocycles. The van der Waals surface area contributed by atoms with Gasteiger partial charge in [-0.15, -0.1) is 0 Å². The van der Waals surface area contributed by atoms with Crippen molar-refractivity contribution >= 4 is 42.8 Å². The first-order chi connectivity index (χ1) is 9.25. The quantitative estimate of drug-likeness (QED) is 0.729. The number of hydrogen-bond donors (Lipinski definition) is 0. The van der Waals surface area contributed by atoms with E-state index in [1.54, 1.807) is 30.5 Å². The van der Waals surface area contributed by atoms with E-state index < -0.39 is 0 Å². The molecule has 94 valence electrons. The fourth-order valence-corrected chi connectivity index (χ4v) is 1.52. The Balaban J connectivity index is 2.28. The van der Waals surface area contributed by atoms with Gasteiger partial charge in [0.05, 0.1) is 23.3 Å². The van der Waals surface area contributed by atoms with Crippen LogP contribution in [0, 0.1) is 0 Å². The maximum absolute atomic E-state index is 5.43. The van der Waals surface area contributed by atoms with Crippen molar-refractivity contribution in [2.45, 2.75) is 0 Å². The van der Waals surface area contributed by atoms with Crippen LogP contribution in [0.1, 0.15) is 11.5 Å². The Morgan fingerprint density at radius 2 is 1.47 bits per heavy atom. The molecule has 0 saturated heterocycles. The first-order valence-electron chi connectivity index (χ1n) is 5.60. The molecule has 0 atom stereocenters. The highest BCUT2D eigenvalue weighted by atomic mass is 16.3. The first kappa shape index (κ1) is 12.7. The molecular formula is C15H13N3O. The lowest BCUT2D eigenvalue weighted by molar-refractivity contribution is 0.550. The van der Waals surface area contributed by atoms with E-state index in [-0.39, 0.29) is 0 Å². The molecule has 0 amide bonds. The normalized spacial score (nSPS) is 10.5. The Bertz CT molecular complexity index is 627. The van der Waals surface area contributed by atoms with Crippen molar-refractivity contribution < 1.29 is 4.42 Å². The summed E-state index contributed by atoms with van der Waals surface area (Å²) in [7, 11) is 0. The summed E-state index contributed by atoms with van der Waals surface area (Å²) in [6.45, 7) is 10.6. The zero-order valence-electron chi connectivity index (χ0n) is 10.4. The molecule has 0 fully saturated rings. The van der Waals surface area contributed by atoms with Crippen molar-refractivity contribution in [3.8, 4) is 0 Å². The largest absolute Gasteiger partial charge is 0.456 e. The van der Waals surface area contributed by atoms with Gasteiger partial charge in [-0.2, -0.15) is 0 Å². The highest BCUT2D eigenvalue weighted by Gasteiger charge is 1.99. The van der Waals surface area contributed by atoms with Crippen LogP contribution in [0.3, 0.4) is 0 Å². The van der Waals surface area contributed by atoms with E-state index in [1.165, 1.54) is 0 Å². The summed E-state index contributed by atoms with van der Waals surface area (Å²) in [5.41, 5.74) is 2.11. The maximum Gasteiger partial charge on any atom is 0.145 e. The van der Waals surface area contributed by atoms with Crippen LogP contribution in [0.15, 0.2) is 56.3 Å². The van der Waals surface area contributed by atoms with Crippen LogP contribution in [0.5, 0.6) is 0 Å². The van der Waals surface area contributed by atoms with E-state index in [0.29, 0.717) is 28.6 Å². The van der Waals surface area contributed by atoms with Crippen LogP contribution in [0.4, 0.5) is 17.1 Å². The lowest BCUT2D eigenvalue weighted by Gasteiger charge is -1.99. The van der Waals surface area contributed by atoms with Crippen LogP contribution < -0.4 is 0 Å². The average molecular weight is 251 g/mol. The van der Waals surface area contributed by atoms with E-state index in [4.69, 9.17) is 4.42 Å². The molecule has 0 bridgehead atoms. The molecule has 0 N–H and O–H groups in total. The molecule has 1 aromatic carbocycles. The van der Waals surface area contributed by atoms with Gasteiger partial charge in [0.2, 0.25) is 0 Å². The lowest BCUT2D eigenvalue weighted by atomic mass is 10.2. The third kappa shape index (κ3) is 3.13. The highest BCUT2D eigenvalue weighted by molar-refractivity contribution is 5.80. The highest BCUT2D eigenvalue weighted by Crippen LogP contribution is 2.27. The van der Waals surface area contributed by atoms with Crippen LogP contribution in [0.25, 0.3) is 6.08 Å². The van der Waals surface area contributed by atoms with Crippen molar-refractivity contribution in [1.29, 1.82) is 0 Å². The zero-order valence-corrected chi connectivity index (χ0v) is 10.4. The second-order valence-electron chi connectivity index (χ2n) is 3.73. The number of aliphatic imine (C=N–C) groups is 3. The number of hydrogen-bond acceptors (Lipinski definition) is 4. The van der Waals surface area contributed by atoms with Gasteiger partial charge in [-0.3, -0.25) is 15.0 Å². The van der Waals surface area contributed by atoms with Gasteiger partial charge in [-0.25, -0.2) is 0 Å². The van der Waals surface area contributed by atoms with E-state index in [9.17, 15) is 0 Å². The molecule has 0 spiro atoms. The van der Waals surface area contributed by atoms with Crippen molar-refractivity contribution in [1.82, 2.24) is 0 Å². The Morgan fingerprint density at radius 3 is 2.00 bits per heavy atom. The molecule has 1 heterocycles. The van der Waals surface area contributed by atoms with Crippen LogP contribution in [0.2, 0.25) is 0 Å². The molecular weight excluding hydrogens is 238 g/mol. The molecule has 1 aromatic heterocycles. The van der Waals surface area contributed by atoms with Crippen molar-refractivity contribution in [3.05, 3.63) is 48.4 Å². The van der Waals surface area contributed by atoms with E-state index >= 15 is 0 Å². The molecule has 4 nitrogen and oxygen atoms in total. The van der Waals surface area contributed by atoms with Crippen LogP contribution >= 0.6 is 0 Å². The fraction of sp³-hybridized carbons (Fsp3) is 0. The smallest absolute Gasteiger partial charge is 0.145 e. The summed E-state index contributed by atoms with van der Waals surface area (Å²) < 4.78 is 5.43. The third-order valence-corrected chi connectivity index (χ3v) is 2.44. The van der Waals surface area contributed by atoms with Crippen molar-refractivity contribution in [3.63, 3.8) is 0 Å². The SMILES string of the molecule is C=Cc1ccc(C=Nc2cc(N=C)cc(N=C)c2)o1. The molecule has 19 heavy (non-hydrogen) atoms. The summed E-state index contributed by atoms with van der Waals surface area (Å²) in [6.07, 6.45) is 3.27. The standard InChI is InChI=1S/C15H13N3O/c1-4-14-5-6-15(19-14)10-18-13-8-11(16-2)7-12(9-13)17-3/h4-10H,1-3H2. The van der Waals surface area contributed by atoms with Gasteiger partial charge in [0, 0.05) is 0 Å². The lowest BCUT2D eigenvalue weighted by Crippen LogP contribution is -1.74. The van der Waals surface area contributed by atoms with E-state index in [1.807, 2.05) is 12.1 Å². The number of nitrogens with zero attached hydrogens (tertiary/aromatic N) is 3. The minimum atomic E-state index is 0.653. The fourth-order valence-electron chi connectivity index (χ4n) is 1.52. The van der Waals surface area contributed by atoms with Crippen molar-refractivity contribution in [2.75, 3.05) is 0 Å². The van der Waals surface area contributed by atoms with Gasteiger partial charge in [0.15, 0.2) is 0 Å². The minimum absolute atomic E-state index is 0.653. The summed E-state index contributed by atoms with van der Waals surface area (Å²) in [5.74, 6) is 1.36. The zero-order chi connectivity index (χ0) is 13.7. The maximum atomic E-state index is 5.43. The summed E-state index contributed by atoms with van der Waals surface area (Å²) in [5, 5.41) is 0. The van der Waals surface area contributed by atoms with Gasteiger partial charge >= 0.3 is 0 Å². The summed E-state index contributed by atoms with van der Waals surface area (Å²) >= 11 is 0. The first-order valence-corrected chi connectivity index (χ1v) is 5.60. The monoisotopic (exact) mass is 251 g/mol. The third-order valence-electron chi connectivity index (χ3n) is 2.44. The number of rotatable bonds is 5. The predicted molar refractivity (Wildman–Crippen MR) is 80.9 cm³/mol. The summed E-state index contributed by atoms with van der Waals surface area (Å²) in [6, 6.07) is 9.03. The molecule has 0 radical (unpaired) electrons.